The Labute approximate surface area is 103 Å². The molecule has 0 unspecified atom stereocenters. The van der Waals surface area contributed by atoms with E-state index in [0.717, 1.165) is 6.07 Å². The van der Waals surface area contributed by atoms with Crippen LogP contribution in [0.2, 0.25) is 0 Å². The standard InChI is InChI=1S/C14H9NO3/c15-8-10-6-11(13(17)7-12(10)16)14(18)9-4-2-1-3-5-9/h1-7,16-17H. The molecule has 0 aliphatic heterocycles. The van der Waals surface area contributed by atoms with Crippen molar-refractivity contribution >= 4 is 5.78 Å². The van der Waals surface area contributed by atoms with Crippen molar-refractivity contribution in [2.24, 2.45) is 0 Å². The number of phenols is 2. The third-order valence-corrected chi connectivity index (χ3v) is 2.52. The summed E-state index contributed by atoms with van der Waals surface area (Å²) in [6, 6.07) is 12.3. The summed E-state index contributed by atoms with van der Waals surface area (Å²) in [4.78, 5) is 12.1. The fourth-order valence-corrected chi connectivity index (χ4v) is 1.59. The minimum Gasteiger partial charge on any atom is -0.507 e. The molecule has 0 fully saturated rings. The number of hydrogen-bond acceptors (Lipinski definition) is 4. The van der Waals surface area contributed by atoms with E-state index >= 15 is 0 Å². The first-order valence-electron chi connectivity index (χ1n) is 5.19. The van der Waals surface area contributed by atoms with Crippen molar-refractivity contribution in [3.8, 4) is 17.6 Å². The SMILES string of the molecule is N#Cc1cc(C(=O)c2ccccc2)c(O)cc1O. The summed E-state index contributed by atoms with van der Waals surface area (Å²) in [6.45, 7) is 0. The van der Waals surface area contributed by atoms with Crippen LogP contribution in [0.4, 0.5) is 0 Å². The summed E-state index contributed by atoms with van der Waals surface area (Å²) in [7, 11) is 0. The van der Waals surface area contributed by atoms with Crippen LogP contribution in [0.15, 0.2) is 42.5 Å². The van der Waals surface area contributed by atoms with Crippen LogP contribution in [0.25, 0.3) is 0 Å². The lowest BCUT2D eigenvalue weighted by Gasteiger charge is -2.05. The molecule has 0 atom stereocenters. The predicted molar refractivity (Wildman–Crippen MR) is 64.4 cm³/mol. The van der Waals surface area contributed by atoms with E-state index in [1.54, 1.807) is 36.4 Å². The Morgan fingerprint density at radius 2 is 1.72 bits per heavy atom. The topological polar surface area (TPSA) is 81.3 Å². The molecule has 0 bridgehead atoms. The molecule has 0 saturated carbocycles. The molecule has 2 N–H and O–H groups in total. The first-order valence-corrected chi connectivity index (χ1v) is 5.19. The minimum absolute atomic E-state index is 0.00412. The van der Waals surface area contributed by atoms with E-state index < -0.39 is 5.78 Å². The largest absolute Gasteiger partial charge is 0.507 e. The highest BCUT2D eigenvalue weighted by Gasteiger charge is 2.16. The normalized spacial score (nSPS) is 9.72. The zero-order valence-electron chi connectivity index (χ0n) is 9.29. The second-order valence-electron chi connectivity index (χ2n) is 3.69. The number of nitriles is 1. The molecule has 0 spiro atoms. The van der Waals surface area contributed by atoms with Gasteiger partial charge in [-0.25, -0.2) is 0 Å². The van der Waals surface area contributed by atoms with Crippen molar-refractivity contribution in [1.82, 2.24) is 0 Å². The monoisotopic (exact) mass is 239 g/mol. The predicted octanol–water partition coefficient (Wildman–Crippen LogP) is 2.20. The molecule has 0 aliphatic carbocycles. The van der Waals surface area contributed by atoms with E-state index in [-0.39, 0.29) is 22.6 Å². The van der Waals surface area contributed by atoms with Crippen molar-refractivity contribution in [1.29, 1.82) is 5.26 Å². The average molecular weight is 239 g/mol. The Hall–Kier alpha value is -2.80. The number of nitrogens with zero attached hydrogens (tertiary/aromatic N) is 1. The lowest BCUT2D eigenvalue weighted by molar-refractivity contribution is 0.103. The Balaban J connectivity index is 2.53. The van der Waals surface area contributed by atoms with Crippen molar-refractivity contribution in [3.63, 3.8) is 0 Å². The van der Waals surface area contributed by atoms with Gasteiger partial charge in [0.15, 0.2) is 5.78 Å². The van der Waals surface area contributed by atoms with Crippen LogP contribution < -0.4 is 0 Å². The summed E-state index contributed by atoms with van der Waals surface area (Å²) in [5.41, 5.74) is 0.352. The van der Waals surface area contributed by atoms with Gasteiger partial charge in [0.05, 0.1) is 11.1 Å². The zero-order valence-corrected chi connectivity index (χ0v) is 9.29. The minimum atomic E-state index is -0.399. The molecule has 2 rings (SSSR count). The highest BCUT2D eigenvalue weighted by molar-refractivity contribution is 6.11. The van der Waals surface area contributed by atoms with Gasteiger partial charge >= 0.3 is 0 Å². The third-order valence-electron chi connectivity index (χ3n) is 2.52. The first-order chi connectivity index (χ1) is 8.63. The molecule has 18 heavy (non-hydrogen) atoms. The van der Waals surface area contributed by atoms with E-state index in [1.165, 1.54) is 6.07 Å². The molecule has 0 aliphatic rings. The maximum absolute atomic E-state index is 12.1. The fourth-order valence-electron chi connectivity index (χ4n) is 1.59. The number of carbonyl (C=O) groups is 1. The van der Waals surface area contributed by atoms with Gasteiger partial charge in [-0.2, -0.15) is 5.26 Å². The van der Waals surface area contributed by atoms with Crippen LogP contribution in [0.1, 0.15) is 21.5 Å². The van der Waals surface area contributed by atoms with Gasteiger partial charge in [0.1, 0.15) is 17.6 Å². The summed E-state index contributed by atoms with van der Waals surface area (Å²) in [6.07, 6.45) is 0. The lowest BCUT2D eigenvalue weighted by atomic mass is 10.00. The van der Waals surface area contributed by atoms with Gasteiger partial charge in [0.25, 0.3) is 0 Å². The molecule has 88 valence electrons. The number of phenolic OH excluding ortho intramolecular Hbond substituents is 2. The number of carbonyl (C=O) groups excluding carboxylic acids is 1. The van der Waals surface area contributed by atoms with Gasteiger partial charge in [0, 0.05) is 11.6 Å². The zero-order chi connectivity index (χ0) is 13.1. The van der Waals surface area contributed by atoms with Crippen LogP contribution in [0.3, 0.4) is 0 Å². The number of ketones is 1. The Morgan fingerprint density at radius 1 is 1.06 bits per heavy atom. The van der Waals surface area contributed by atoms with E-state index in [1.807, 2.05) is 0 Å². The van der Waals surface area contributed by atoms with Gasteiger partial charge in [0.2, 0.25) is 0 Å². The van der Waals surface area contributed by atoms with E-state index in [9.17, 15) is 15.0 Å². The number of benzene rings is 2. The molecule has 4 heteroatoms. The maximum atomic E-state index is 12.1. The molecule has 0 aromatic heterocycles. The number of rotatable bonds is 2. The van der Waals surface area contributed by atoms with Crippen molar-refractivity contribution in [2.45, 2.75) is 0 Å². The van der Waals surface area contributed by atoms with Gasteiger partial charge in [-0.3, -0.25) is 4.79 Å². The molecule has 0 saturated heterocycles. The summed E-state index contributed by atoms with van der Waals surface area (Å²) < 4.78 is 0. The highest BCUT2D eigenvalue weighted by atomic mass is 16.3. The molecule has 4 nitrogen and oxygen atoms in total. The number of aromatic hydroxyl groups is 2. The van der Waals surface area contributed by atoms with Crippen molar-refractivity contribution in [3.05, 3.63) is 59.2 Å². The molecule has 0 radical (unpaired) electrons. The molecule has 0 heterocycles. The van der Waals surface area contributed by atoms with Gasteiger partial charge < -0.3 is 10.2 Å². The van der Waals surface area contributed by atoms with Crippen LogP contribution >= 0.6 is 0 Å². The Kier molecular flexibility index (Phi) is 2.98. The fraction of sp³-hybridized carbons (Fsp3) is 0. The van der Waals surface area contributed by atoms with Crippen LogP contribution in [0.5, 0.6) is 11.5 Å². The summed E-state index contributed by atoms with van der Waals surface area (Å²) in [5, 5.41) is 27.8. The van der Waals surface area contributed by atoms with Crippen LogP contribution in [0, 0.1) is 11.3 Å². The molecule has 2 aromatic rings. The first kappa shape index (κ1) is 11.7. The second-order valence-corrected chi connectivity index (χ2v) is 3.69. The quantitative estimate of drug-likeness (QED) is 0.787. The number of hydrogen-bond donors (Lipinski definition) is 2. The van der Waals surface area contributed by atoms with E-state index in [2.05, 4.69) is 0 Å². The Morgan fingerprint density at radius 3 is 2.33 bits per heavy atom. The Bertz CT molecular complexity index is 642. The molecule has 0 amide bonds. The van der Waals surface area contributed by atoms with Crippen molar-refractivity contribution < 1.29 is 15.0 Å². The van der Waals surface area contributed by atoms with E-state index in [0.29, 0.717) is 5.56 Å². The third kappa shape index (κ3) is 2.02. The molecular formula is C14H9NO3. The summed E-state index contributed by atoms with van der Waals surface area (Å²) in [5.74, 6) is -1.09. The average Bonchev–Trinajstić information content (AvgIpc) is 2.39. The maximum Gasteiger partial charge on any atom is 0.196 e. The van der Waals surface area contributed by atoms with Gasteiger partial charge in [-0.15, -0.1) is 0 Å². The summed E-state index contributed by atoms with van der Waals surface area (Å²) >= 11 is 0. The highest BCUT2D eigenvalue weighted by Crippen LogP contribution is 2.28. The molecule has 2 aromatic carbocycles. The van der Waals surface area contributed by atoms with Crippen molar-refractivity contribution in [2.75, 3.05) is 0 Å². The van der Waals surface area contributed by atoms with Crippen LogP contribution in [-0.2, 0) is 0 Å². The van der Waals surface area contributed by atoms with Crippen LogP contribution in [-0.4, -0.2) is 16.0 Å². The lowest BCUT2D eigenvalue weighted by Crippen LogP contribution is -2.02. The van der Waals surface area contributed by atoms with Gasteiger partial charge in [-0.05, 0) is 6.07 Å². The second kappa shape index (κ2) is 4.60. The smallest absolute Gasteiger partial charge is 0.196 e. The molecular weight excluding hydrogens is 230 g/mol. The van der Waals surface area contributed by atoms with E-state index in [4.69, 9.17) is 5.26 Å². The van der Waals surface area contributed by atoms with Gasteiger partial charge in [-0.1, -0.05) is 30.3 Å².